The summed E-state index contributed by atoms with van der Waals surface area (Å²) in [6.07, 6.45) is 1.80. The van der Waals surface area contributed by atoms with Crippen molar-refractivity contribution in [3.63, 3.8) is 0 Å². The van der Waals surface area contributed by atoms with Crippen LogP contribution >= 0.6 is 0 Å². The number of benzene rings is 1. The van der Waals surface area contributed by atoms with Crippen molar-refractivity contribution in [1.29, 1.82) is 0 Å². The van der Waals surface area contributed by atoms with Crippen LogP contribution < -0.4 is 10.2 Å². The molecule has 2 aliphatic heterocycles. The maximum absolute atomic E-state index is 13.1. The van der Waals surface area contributed by atoms with E-state index in [1.165, 1.54) is 11.8 Å². The number of aryl methyl sites for hydroxylation is 1. The molecule has 4 heterocycles. The van der Waals surface area contributed by atoms with E-state index in [9.17, 15) is 18.0 Å². The van der Waals surface area contributed by atoms with E-state index in [1.807, 2.05) is 41.9 Å². The largest absolute Gasteiger partial charge is 0.391 e. The van der Waals surface area contributed by atoms with Crippen molar-refractivity contribution in [3.8, 4) is 11.1 Å². The Morgan fingerprint density at radius 3 is 2.72 bits per heavy atom. The van der Waals surface area contributed by atoms with Crippen LogP contribution in [-0.2, 0) is 4.74 Å². The number of likely N-dealkylation sites (tertiary alicyclic amines) is 1. The molecule has 1 aromatic carbocycles. The van der Waals surface area contributed by atoms with Crippen LogP contribution in [0.3, 0.4) is 0 Å². The molecule has 5 rings (SSSR count). The Hall–Kier alpha value is -3.27. The molecule has 7 nitrogen and oxygen atoms in total. The lowest BCUT2D eigenvalue weighted by Gasteiger charge is -2.29. The second-order valence-electron chi connectivity index (χ2n) is 9.66. The van der Waals surface area contributed by atoms with Gasteiger partial charge in [-0.05, 0) is 48.6 Å². The third kappa shape index (κ3) is 4.86. The molecular formula is C26H30F3N5O2. The van der Waals surface area contributed by atoms with E-state index in [2.05, 4.69) is 21.3 Å². The zero-order valence-corrected chi connectivity index (χ0v) is 20.4. The molecule has 0 aliphatic carbocycles. The second-order valence-corrected chi connectivity index (χ2v) is 9.66. The van der Waals surface area contributed by atoms with E-state index in [0.717, 1.165) is 41.1 Å². The van der Waals surface area contributed by atoms with Gasteiger partial charge in [-0.1, -0.05) is 13.0 Å². The summed E-state index contributed by atoms with van der Waals surface area (Å²) < 4.78 is 46.8. The number of anilines is 2. The Morgan fingerprint density at radius 2 is 1.97 bits per heavy atom. The van der Waals surface area contributed by atoms with Gasteiger partial charge in [-0.2, -0.15) is 13.2 Å². The van der Waals surface area contributed by atoms with Gasteiger partial charge >= 0.3 is 12.2 Å². The number of rotatable bonds is 4. The van der Waals surface area contributed by atoms with E-state index in [-0.39, 0.29) is 12.6 Å². The van der Waals surface area contributed by atoms with Gasteiger partial charge in [-0.15, -0.1) is 0 Å². The van der Waals surface area contributed by atoms with Crippen LogP contribution in [0.4, 0.5) is 29.3 Å². The van der Waals surface area contributed by atoms with Gasteiger partial charge in [0.25, 0.3) is 0 Å². The van der Waals surface area contributed by atoms with Gasteiger partial charge in [0.15, 0.2) is 5.65 Å². The van der Waals surface area contributed by atoms with Crippen molar-refractivity contribution in [1.82, 2.24) is 14.3 Å². The second kappa shape index (κ2) is 9.65. The van der Waals surface area contributed by atoms with Crippen molar-refractivity contribution < 1.29 is 22.7 Å². The lowest BCUT2D eigenvalue weighted by molar-refractivity contribution is -0.182. The van der Waals surface area contributed by atoms with Crippen LogP contribution in [0, 0.1) is 18.8 Å². The third-order valence-corrected chi connectivity index (χ3v) is 7.36. The predicted octanol–water partition coefficient (Wildman–Crippen LogP) is 5.20. The Balaban J connectivity index is 1.37. The molecule has 2 aromatic heterocycles. The van der Waals surface area contributed by atoms with Crippen LogP contribution in [0.2, 0.25) is 0 Å². The first-order valence-electron chi connectivity index (χ1n) is 12.2. The Kier molecular flexibility index (Phi) is 6.55. The molecule has 1 N–H and O–H groups in total. The molecule has 2 amide bonds. The maximum Gasteiger partial charge on any atom is 0.391 e. The lowest BCUT2D eigenvalue weighted by atomic mass is 9.93. The first-order valence-corrected chi connectivity index (χ1v) is 12.2. The van der Waals surface area contributed by atoms with Crippen LogP contribution in [0.25, 0.3) is 16.8 Å². The number of amides is 2. The normalized spacial score (nSPS) is 19.6. The molecule has 0 radical (unpaired) electrons. The molecule has 2 saturated heterocycles. The molecule has 0 spiro atoms. The summed E-state index contributed by atoms with van der Waals surface area (Å²) in [7, 11) is 0. The number of urea groups is 1. The fourth-order valence-electron chi connectivity index (χ4n) is 5.06. The van der Waals surface area contributed by atoms with Gasteiger partial charge in [0.05, 0.1) is 24.8 Å². The summed E-state index contributed by atoms with van der Waals surface area (Å²) in [5.74, 6) is -2.01. The molecule has 2 atom stereocenters. The molecule has 36 heavy (non-hydrogen) atoms. The number of pyridine rings is 1. The zero-order valence-electron chi connectivity index (χ0n) is 20.4. The summed E-state index contributed by atoms with van der Waals surface area (Å²) in [5, 5.41) is 2.89. The number of nitrogens with one attached hydrogen (secondary N) is 1. The number of carbonyl (C=O) groups is 1. The quantitative estimate of drug-likeness (QED) is 0.534. The number of aromatic nitrogens is 2. The van der Waals surface area contributed by atoms with E-state index in [4.69, 9.17) is 4.74 Å². The highest BCUT2D eigenvalue weighted by molar-refractivity contribution is 5.91. The van der Waals surface area contributed by atoms with Gasteiger partial charge in [-0.25, -0.2) is 9.78 Å². The molecule has 0 bridgehead atoms. The zero-order chi connectivity index (χ0) is 25.4. The Morgan fingerprint density at radius 1 is 1.19 bits per heavy atom. The van der Waals surface area contributed by atoms with Crippen LogP contribution in [0.1, 0.15) is 18.9 Å². The summed E-state index contributed by atoms with van der Waals surface area (Å²) >= 11 is 0. The minimum Gasteiger partial charge on any atom is -0.378 e. The van der Waals surface area contributed by atoms with E-state index in [1.54, 1.807) is 6.20 Å². The highest BCUT2D eigenvalue weighted by Crippen LogP contribution is 2.37. The number of alkyl halides is 3. The van der Waals surface area contributed by atoms with Crippen molar-refractivity contribution in [3.05, 3.63) is 48.4 Å². The minimum atomic E-state index is -4.25. The number of fused-ring (bicyclic) bond motifs is 1. The Labute approximate surface area is 207 Å². The van der Waals surface area contributed by atoms with E-state index in [0.29, 0.717) is 31.9 Å². The molecule has 3 aromatic rings. The fraction of sp³-hybridized carbons (Fsp3) is 0.462. The highest BCUT2D eigenvalue weighted by atomic mass is 19.4. The Bertz CT molecular complexity index is 1250. The fourth-order valence-corrected chi connectivity index (χ4v) is 5.06. The molecule has 2 fully saturated rings. The average Bonchev–Trinajstić information content (AvgIpc) is 3.54. The van der Waals surface area contributed by atoms with Crippen LogP contribution in [0.5, 0.6) is 0 Å². The standard InChI is InChI=1S/C26H30F3N5O2/c1-17-3-4-21(31-25(35)34-7-5-19(15-34)18(2)26(27,28)29)14-22(17)20-13-23(32-9-11-36-12-10-32)24-30-6-8-33(24)16-20/h3-4,6,8,13-14,16,18-19H,5,7,9-12,15H2,1-2H3,(H,31,35). The van der Waals surface area contributed by atoms with Crippen LogP contribution in [-0.4, -0.2) is 65.9 Å². The summed E-state index contributed by atoms with van der Waals surface area (Å²) in [4.78, 5) is 21.1. The molecule has 192 valence electrons. The lowest BCUT2D eigenvalue weighted by Crippen LogP contribution is -2.36. The van der Waals surface area contributed by atoms with Gasteiger partial charge < -0.3 is 24.3 Å². The van der Waals surface area contributed by atoms with E-state index >= 15 is 0 Å². The molecule has 2 aliphatic rings. The summed E-state index contributed by atoms with van der Waals surface area (Å²) in [5.41, 5.74) is 5.49. The number of ether oxygens (including phenoxy) is 1. The molecule has 10 heteroatoms. The SMILES string of the molecule is Cc1ccc(NC(=O)N2CCC(C(C)C(F)(F)F)C2)cc1-c1cc(N2CCOCC2)c2nccn2c1. The predicted molar refractivity (Wildman–Crippen MR) is 132 cm³/mol. The number of halogens is 3. The summed E-state index contributed by atoms with van der Waals surface area (Å²) in [6, 6.07) is 7.42. The molecule has 2 unspecified atom stereocenters. The average molecular weight is 502 g/mol. The number of nitrogens with zero attached hydrogens (tertiary/aromatic N) is 4. The number of morpholine rings is 1. The monoisotopic (exact) mass is 501 g/mol. The van der Waals surface area contributed by atoms with Crippen molar-refractivity contribution in [2.75, 3.05) is 49.6 Å². The molecular weight excluding hydrogens is 471 g/mol. The van der Waals surface area contributed by atoms with Crippen LogP contribution in [0.15, 0.2) is 42.9 Å². The third-order valence-electron chi connectivity index (χ3n) is 7.36. The maximum atomic E-state index is 13.1. The molecule has 0 saturated carbocycles. The highest BCUT2D eigenvalue weighted by Gasteiger charge is 2.44. The van der Waals surface area contributed by atoms with Gasteiger partial charge in [0.1, 0.15) is 0 Å². The smallest absolute Gasteiger partial charge is 0.378 e. The number of imidazole rings is 1. The van der Waals surface area contributed by atoms with Crippen molar-refractivity contribution in [2.45, 2.75) is 26.4 Å². The summed E-state index contributed by atoms with van der Waals surface area (Å²) in [6.45, 7) is 6.52. The van der Waals surface area contributed by atoms with Gasteiger partial charge in [0, 0.05) is 56.0 Å². The van der Waals surface area contributed by atoms with Crippen molar-refractivity contribution >= 4 is 23.1 Å². The first kappa shape index (κ1) is 24.4. The van der Waals surface area contributed by atoms with Gasteiger partial charge in [-0.3, -0.25) is 0 Å². The van der Waals surface area contributed by atoms with Crippen molar-refractivity contribution in [2.24, 2.45) is 11.8 Å². The van der Waals surface area contributed by atoms with E-state index < -0.39 is 18.0 Å². The number of hydrogen-bond acceptors (Lipinski definition) is 4. The minimum absolute atomic E-state index is 0.103. The topological polar surface area (TPSA) is 62.1 Å². The number of hydrogen-bond donors (Lipinski definition) is 1. The number of carbonyl (C=O) groups excluding carboxylic acids is 1. The first-order chi connectivity index (χ1) is 17.2. The van der Waals surface area contributed by atoms with Gasteiger partial charge in [0.2, 0.25) is 0 Å².